The van der Waals surface area contributed by atoms with Crippen LogP contribution < -0.4 is 10.5 Å². The van der Waals surface area contributed by atoms with E-state index >= 15 is 0 Å². The number of alkyl halides is 3. The van der Waals surface area contributed by atoms with E-state index in [2.05, 4.69) is 4.98 Å². The number of ether oxygens (including phenoxy) is 1. The monoisotopic (exact) mass is 377 g/mol. The summed E-state index contributed by atoms with van der Waals surface area (Å²) in [6.07, 6.45) is -2.15. The number of nitrogens with two attached hydrogens (primary N) is 1. The van der Waals surface area contributed by atoms with Crippen molar-refractivity contribution in [2.45, 2.75) is 6.18 Å². The predicted molar refractivity (Wildman–Crippen MR) is 91.9 cm³/mol. The Bertz CT molecular complexity index is 995. The molecule has 27 heavy (non-hydrogen) atoms. The second kappa shape index (κ2) is 6.67. The molecule has 0 fully saturated rings. The first kappa shape index (κ1) is 18.3. The van der Waals surface area contributed by atoms with Crippen molar-refractivity contribution < 1.29 is 27.8 Å². The maximum atomic E-state index is 13.4. The topological polar surface area (TPSA) is 90.4 Å². The van der Waals surface area contributed by atoms with Gasteiger partial charge in [0.1, 0.15) is 5.75 Å². The number of aromatic nitrogens is 2. The van der Waals surface area contributed by atoms with Crippen LogP contribution in [0.1, 0.15) is 15.9 Å². The minimum absolute atomic E-state index is 0.374. The molecule has 1 heterocycles. The molecule has 0 bridgehead atoms. The summed E-state index contributed by atoms with van der Waals surface area (Å²) in [7, 11) is 1.52. The molecule has 0 aliphatic rings. The van der Waals surface area contributed by atoms with E-state index in [1.54, 1.807) is 24.3 Å². The SMILES string of the molecule is COc1ccc(-c2cn(-c3cc(C(=O)O)c(N)cc3C(F)(F)F)cn2)cc1. The van der Waals surface area contributed by atoms with Gasteiger partial charge in [0, 0.05) is 17.4 Å². The molecule has 0 unspecified atom stereocenters. The molecule has 0 aliphatic heterocycles. The molecule has 1 aromatic heterocycles. The van der Waals surface area contributed by atoms with E-state index in [-0.39, 0.29) is 5.69 Å². The lowest BCUT2D eigenvalue weighted by molar-refractivity contribution is -0.137. The fourth-order valence-corrected chi connectivity index (χ4v) is 2.60. The lowest BCUT2D eigenvalue weighted by atomic mass is 10.1. The van der Waals surface area contributed by atoms with Crippen LogP contribution in [0.4, 0.5) is 18.9 Å². The average molecular weight is 377 g/mol. The van der Waals surface area contributed by atoms with Crippen molar-refractivity contribution in [1.29, 1.82) is 0 Å². The van der Waals surface area contributed by atoms with Crippen molar-refractivity contribution in [2.75, 3.05) is 12.8 Å². The van der Waals surface area contributed by atoms with E-state index in [1.807, 2.05) is 0 Å². The smallest absolute Gasteiger partial charge is 0.418 e. The highest BCUT2D eigenvalue weighted by Crippen LogP contribution is 2.37. The fourth-order valence-electron chi connectivity index (χ4n) is 2.60. The van der Waals surface area contributed by atoms with E-state index < -0.39 is 29.0 Å². The zero-order valence-corrected chi connectivity index (χ0v) is 14.0. The number of hydrogen-bond acceptors (Lipinski definition) is 4. The average Bonchev–Trinajstić information content (AvgIpc) is 3.10. The zero-order chi connectivity index (χ0) is 19.8. The molecule has 3 N–H and O–H groups in total. The van der Waals surface area contributed by atoms with Crippen molar-refractivity contribution in [3.8, 4) is 22.7 Å². The number of imidazole rings is 1. The highest BCUT2D eigenvalue weighted by molar-refractivity contribution is 5.94. The van der Waals surface area contributed by atoms with Crippen LogP contribution in [0.2, 0.25) is 0 Å². The molecule has 3 rings (SSSR count). The first-order valence-electron chi connectivity index (χ1n) is 7.63. The number of nitrogens with zero attached hydrogens (tertiary/aromatic N) is 2. The van der Waals surface area contributed by atoms with Gasteiger partial charge in [-0.15, -0.1) is 0 Å². The minimum atomic E-state index is -4.72. The molecule has 140 valence electrons. The molecule has 0 radical (unpaired) electrons. The zero-order valence-electron chi connectivity index (χ0n) is 14.0. The van der Waals surface area contributed by atoms with Gasteiger partial charge in [-0.1, -0.05) is 0 Å². The Hall–Kier alpha value is -3.49. The van der Waals surface area contributed by atoms with Gasteiger partial charge in [-0.2, -0.15) is 13.2 Å². The molecule has 0 atom stereocenters. The van der Waals surface area contributed by atoms with Gasteiger partial charge in [-0.25, -0.2) is 9.78 Å². The van der Waals surface area contributed by atoms with Crippen LogP contribution in [0.15, 0.2) is 48.9 Å². The number of methoxy groups -OCH3 is 1. The highest BCUT2D eigenvalue weighted by atomic mass is 19.4. The van der Waals surface area contributed by atoms with Gasteiger partial charge in [-0.3, -0.25) is 0 Å². The Kier molecular flexibility index (Phi) is 4.52. The Morgan fingerprint density at radius 2 is 1.89 bits per heavy atom. The molecule has 3 aromatic rings. The molecule has 2 aromatic carbocycles. The van der Waals surface area contributed by atoms with Gasteiger partial charge in [0.05, 0.1) is 35.9 Å². The second-order valence-electron chi connectivity index (χ2n) is 5.65. The summed E-state index contributed by atoms with van der Waals surface area (Å²) in [4.78, 5) is 15.4. The summed E-state index contributed by atoms with van der Waals surface area (Å²) >= 11 is 0. The number of carbonyl (C=O) groups is 1. The molecule has 0 amide bonds. The van der Waals surface area contributed by atoms with Gasteiger partial charge in [0.25, 0.3) is 0 Å². The minimum Gasteiger partial charge on any atom is -0.497 e. The molecule has 0 spiro atoms. The van der Waals surface area contributed by atoms with Crippen molar-refractivity contribution in [3.05, 3.63) is 60.0 Å². The Morgan fingerprint density at radius 3 is 2.44 bits per heavy atom. The number of halogens is 3. The number of nitrogen functional groups attached to an aromatic ring is 1. The van der Waals surface area contributed by atoms with Gasteiger partial charge >= 0.3 is 12.1 Å². The standard InChI is InChI=1S/C18H14F3N3O3/c1-27-11-4-2-10(3-5-11)15-8-24(9-23-15)16-6-12(17(25)26)14(22)7-13(16)18(19,20)21/h2-9H,22H2,1H3,(H,25,26). The summed E-state index contributed by atoms with van der Waals surface area (Å²) in [6, 6.07) is 8.32. The van der Waals surface area contributed by atoms with Gasteiger partial charge in [0.2, 0.25) is 0 Å². The van der Waals surface area contributed by atoms with E-state index in [9.17, 15) is 18.0 Å². The predicted octanol–water partition coefficient (Wildman–Crippen LogP) is 3.85. The van der Waals surface area contributed by atoms with E-state index in [0.717, 1.165) is 10.6 Å². The Balaban J connectivity index is 2.11. The van der Waals surface area contributed by atoms with Crippen LogP contribution >= 0.6 is 0 Å². The summed E-state index contributed by atoms with van der Waals surface area (Å²) in [5, 5.41) is 9.17. The summed E-state index contributed by atoms with van der Waals surface area (Å²) in [5.74, 6) is -0.792. The quantitative estimate of drug-likeness (QED) is 0.674. The third-order valence-electron chi connectivity index (χ3n) is 3.95. The van der Waals surface area contributed by atoms with Crippen LogP contribution in [-0.4, -0.2) is 27.7 Å². The lowest BCUT2D eigenvalue weighted by Gasteiger charge is -2.15. The van der Waals surface area contributed by atoms with Crippen LogP contribution in [-0.2, 0) is 6.18 Å². The van der Waals surface area contributed by atoms with Crippen molar-refractivity contribution in [2.24, 2.45) is 0 Å². The summed E-state index contributed by atoms with van der Waals surface area (Å²) < 4.78 is 46.4. The first-order chi connectivity index (χ1) is 12.7. The number of anilines is 1. The third kappa shape index (κ3) is 3.57. The summed E-state index contributed by atoms with van der Waals surface area (Å²) in [5.41, 5.74) is 4.24. The molecule has 0 saturated heterocycles. The van der Waals surface area contributed by atoms with Crippen molar-refractivity contribution in [1.82, 2.24) is 9.55 Å². The van der Waals surface area contributed by atoms with Crippen LogP contribution in [0.3, 0.4) is 0 Å². The van der Waals surface area contributed by atoms with Crippen LogP contribution in [0.25, 0.3) is 16.9 Å². The Labute approximate surface area is 151 Å². The number of aromatic carboxylic acids is 1. The van der Waals surface area contributed by atoms with Crippen molar-refractivity contribution >= 4 is 11.7 Å². The fraction of sp³-hybridized carbons (Fsp3) is 0.111. The molecular weight excluding hydrogens is 363 g/mol. The number of rotatable bonds is 4. The van der Waals surface area contributed by atoms with Gasteiger partial charge in [-0.05, 0) is 36.4 Å². The maximum absolute atomic E-state index is 13.4. The van der Waals surface area contributed by atoms with Crippen LogP contribution in [0, 0.1) is 0 Å². The van der Waals surface area contributed by atoms with E-state index in [4.69, 9.17) is 15.6 Å². The first-order valence-corrected chi connectivity index (χ1v) is 7.63. The van der Waals surface area contributed by atoms with Crippen LogP contribution in [0.5, 0.6) is 5.75 Å². The number of benzene rings is 2. The van der Waals surface area contributed by atoms with E-state index in [1.165, 1.54) is 19.6 Å². The largest absolute Gasteiger partial charge is 0.497 e. The second-order valence-corrected chi connectivity index (χ2v) is 5.65. The van der Waals surface area contributed by atoms with Gasteiger partial charge in [0.15, 0.2) is 0 Å². The summed E-state index contributed by atoms with van der Waals surface area (Å²) in [6.45, 7) is 0. The molecule has 9 heteroatoms. The van der Waals surface area contributed by atoms with E-state index in [0.29, 0.717) is 23.1 Å². The Morgan fingerprint density at radius 1 is 1.22 bits per heavy atom. The lowest BCUT2D eigenvalue weighted by Crippen LogP contribution is -2.14. The van der Waals surface area contributed by atoms with Crippen molar-refractivity contribution in [3.63, 3.8) is 0 Å². The molecule has 0 saturated carbocycles. The third-order valence-corrected chi connectivity index (χ3v) is 3.95. The molecule has 6 nitrogen and oxygen atoms in total. The maximum Gasteiger partial charge on any atom is 0.418 e. The normalized spacial score (nSPS) is 11.4. The number of carboxylic acids is 1. The molecular formula is C18H14F3N3O3. The molecule has 0 aliphatic carbocycles. The highest BCUT2D eigenvalue weighted by Gasteiger charge is 2.35. The van der Waals surface area contributed by atoms with Gasteiger partial charge < -0.3 is 20.1 Å². The number of carboxylic acid groups (broad SMARTS) is 1. The number of hydrogen-bond donors (Lipinski definition) is 2.